The number of nitrogens with zero attached hydrogens (tertiary/aromatic N) is 12. The predicted octanol–water partition coefficient (Wildman–Crippen LogP) is 22.0. The summed E-state index contributed by atoms with van der Waals surface area (Å²) >= 11 is 0. The molecule has 6 aromatic heterocycles. The number of ether oxygens (including phenoxy) is 6. The number of hydrogen-bond donors (Lipinski definition) is 3. The zero-order valence-electron chi connectivity index (χ0n) is 72.2. The molecule has 0 aliphatic carbocycles. The molecule has 3 unspecified atom stereocenters. The maximum absolute atomic E-state index is 15.5. The SMILES string of the molecule is C.C.C.CC1(C)CC(Cn2c(Cc3ccc(-c4cccc(OCc5ccc(C#N)cc5F)n4)cc3F)nc3ccc(C(=O)O)cc32)O1.CC1(C)CC(Cn2c(Cc3ccc(-c4cccc(OCc5ccc(C#N)cc5F)n4)cc3F)nc3ccc(C(=O)O)cc32)O1.CC1(C)CC(Cn2c(Cc3ccc(-c4cccc(OCc5ccc(C#N)cc5F)n4)cc3F)nc3ccc(C(=O)O)cc32)O1. The summed E-state index contributed by atoms with van der Waals surface area (Å²) in [6.07, 6.45) is 2.90. The van der Waals surface area contributed by atoms with Crippen LogP contribution in [-0.2, 0) is 72.9 Å². The van der Waals surface area contributed by atoms with E-state index in [1.54, 1.807) is 127 Å². The highest BCUT2D eigenvalue weighted by Gasteiger charge is 2.41. The molecule has 30 heteroatoms. The second-order valence-electron chi connectivity index (χ2n) is 34.2. The Morgan fingerprint density at radius 3 is 0.837 bits per heavy atom. The van der Waals surface area contributed by atoms with E-state index >= 15 is 13.2 Å². The minimum absolute atomic E-state index is 0. The molecular formula is C105H96F6N12O12. The number of carboxylic acid groups (broad SMARTS) is 3. The third-order valence-electron chi connectivity index (χ3n) is 22.9. The fraction of sp³-hybridized carbons (Fsp3) is 0.257. The van der Waals surface area contributed by atoms with Crippen molar-refractivity contribution >= 4 is 51.0 Å². The quantitative estimate of drug-likeness (QED) is 0.0403. The molecular weight excluding hydrogens is 1740 g/mol. The van der Waals surface area contributed by atoms with Gasteiger partial charge in [0.2, 0.25) is 17.6 Å². The van der Waals surface area contributed by atoms with Gasteiger partial charge in [0.15, 0.2) is 0 Å². The number of benzene rings is 9. The zero-order chi connectivity index (χ0) is 93.0. The number of nitriles is 3. The molecule has 3 saturated heterocycles. The molecule has 3 fully saturated rings. The van der Waals surface area contributed by atoms with E-state index < -0.39 is 52.8 Å². The van der Waals surface area contributed by atoms with E-state index in [-0.39, 0.29) is 164 Å². The molecule has 3 aliphatic heterocycles. The molecule has 15 aromatic rings. The van der Waals surface area contributed by atoms with Crippen LogP contribution in [0.15, 0.2) is 218 Å². The van der Waals surface area contributed by atoms with Crippen LogP contribution in [0.4, 0.5) is 26.3 Å². The third kappa shape index (κ3) is 22.7. The van der Waals surface area contributed by atoms with Crippen LogP contribution in [0.1, 0.15) is 182 Å². The topological polar surface area (TPSA) is 331 Å². The summed E-state index contributed by atoms with van der Waals surface area (Å²) in [6.45, 7) is 13.3. The van der Waals surface area contributed by atoms with Gasteiger partial charge in [-0.2, -0.15) is 15.8 Å². The number of halogens is 6. The number of imidazole rings is 3. The maximum atomic E-state index is 15.5. The Hall–Kier alpha value is -15.4. The van der Waals surface area contributed by atoms with Crippen LogP contribution in [-0.4, -0.2) is 112 Å². The summed E-state index contributed by atoms with van der Waals surface area (Å²) in [6, 6.07) is 62.2. The molecule has 0 saturated carbocycles. The summed E-state index contributed by atoms with van der Waals surface area (Å²) in [7, 11) is 0. The lowest BCUT2D eigenvalue weighted by molar-refractivity contribution is -0.189. The van der Waals surface area contributed by atoms with Crippen molar-refractivity contribution < 1.29 is 84.5 Å². The van der Waals surface area contributed by atoms with Gasteiger partial charge in [-0.1, -0.05) is 95.1 Å². The van der Waals surface area contributed by atoms with Crippen LogP contribution in [0.5, 0.6) is 17.6 Å². The first-order valence-corrected chi connectivity index (χ1v) is 42.2. The number of aromatic nitrogens is 9. The van der Waals surface area contributed by atoms with Crippen molar-refractivity contribution in [3.8, 4) is 69.6 Å². The van der Waals surface area contributed by atoms with Crippen LogP contribution in [0, 0.1) is 68.9 Å². The molecule has 0 radical (unpaired) electrons. The molecule has 3 atom stereocenters. The van der Waals surface area contributed by atoms with Gasteiger partial charge in [0.05, 0.1) is 157 Å². The van der Waals surface area contributed by atoms with E-state index in [1.807, 2.05) is 73.5 Å². The number of aromatic carboxylic acids is 3. The molecule has 24 nitrogen and oxygen atoms in total. The van der Waals surface area contributed by atoms with E-state index in [9.17, 15) is 42.9 Å². The molecule has 135 heavy (non-hydrogen) atoms. The van der Waals surface area contributed by atoms with Gasteiger partial charge < -0.3 is 57.4 Å². The minimum Gasteiger partial charge on any atom is -0.478 e. The van der Waals surface area contributed by atoms with Gasteiger partial charge >= 0.3 is 17.9 Å². The zero-order valence-corrected chi connectivity index (χ0v) is 72.2. The van der Waals surface area contributed by atoms with Crippen molar-refractivity contribution in [1.29, 1.82) is 15.8 Å². The fourth-order valence-electron chi connectivity index (χ4n) is 16.5. The van der Waals surface area contributed by atoms with Crippen molar-refractivity contribution in [3.05, 3.63) is 338 Å². The predicted molar refractivity (Wildman–Crippen MR) is 495 cm³/mol. The van der Waals surface area contributed by atoms with E-state index in [0.29, 0.717) is 121 Å². The highest BCUT2D eigenvalue weighted by atomic mass is 19.1. The van der Waals surface area contributed by atoms with Crippen LogP contribution in [0.3, 0.4) is 0 Å². The lowest BCUT2D eigenvalue weighted by Crippen LogP contribution is -2.47. The van der Waals surface area contributed by atoms with Gasteiger partial charge in [0.25, 0.3) is 0 Å². The van der Waals surface area contributed by atoms with Crippen LogP contribution in [0.25, 0.3) is 66.9 Å². The van der Waals surface area contributed by atoms with Gasteiger partial charge in [-0.05, 0) is 186 Å². The highest BCUT2D eigenvalue weighted by Crippen LogP contribution is 2.39. The molecule has 3 N–H and O–H groups in total. The standard InChI is InChI=1S/3C34H28F2N4O4.3CH4/c3*1-34(2)16-25(44-34)18-40-30-14-23(33(41)42)10-11-29(30)38-31(40)15-21-8-9-22(13-27(21)36)28-4-3-5-32(39-28)43-19-24-7-6-20(17-37)12-26(24)35;;;/h3*3-14,25H,15-16,18-19H2,1-2H3,(H,41,42);3*1H4. The van der Waals surface area contributed by atoms with Gasteiger partial charge in [-0.15, -0.1) is 0 Å². The second-order valence-corrected chi connectivity index (χ2v) is 34.2. The van der Waals surface area contributed by atoms with E-state index in [1.165, 1.54) is 72.8 Å². The smallest absolute Gasteiger partial charge is 0.335 e. The van der Waals surface area contributed by atoms with E-state index in [0.717, 1.165) is 37.5 Å². The molecule has 0 spiro atoms. The number of fused-ring (bicyclic) bond motifs is 3. The lowest BCUT2D eigenvalue weighted by Gasteiger charge is -2.43. The summed E-state index contributed by atoms with van der Waals surface area (Å²) in [5.41, 5.74) is 9.46. The van der Waals surface area contributed by atoms with Gasteiger partial charge in [-0.25, -0.2) is 70.6 Å². The Morgan fingerprint density at radius 1 is 0.356 bits per heavy atom. The number of hydrogen-bond acceptors (Lipinski definition) is 18. The molecule has 9 heterocycles. The summed E-state index contributed by atoms with van der Waals surface area (Å²) < 4.78 is 130. The Balaban J connectivity index is 0.000000170. The fourth-order valence-corrected chi connectivity index (χ4v) is 16.5. The van der Waals surface area contributed by atoms with Crippen molar-refractivity contribution in [1.82, 2.24) is 43.6 Å². The monoisotopic (exact) mass is 1830 g/mol. The number of rotatable bonds is 27. The normalized spacial score (nSPS) is 15.1. The first-order chi connectivity index (χ1) is 63.2. The Kier molecular flexibility index (Phi) is 29.3. The number of carboxylic acids is 3. The van der Waals surface area contributed by atoms with Gasteiger partial charge in [0.1, 0.15) is 72.2 Å². The van der Waals surface area contributed by atoms with Crippen molar-refractivity contribution in [3.63, 3.8) is 0 Å². The maximum Gasteiger partial charge on any atom is 0.335 e. The van der Waals surface area contributed by atoms with E-state index in [4.69, 9.17) is 59.2 Å². The third-order valence-corrected chi connectivity index (χ3v) is 22.9. The first-order valence-electron chi connectivity index (χ1n) is 42.2. The Morgan fingerprint density at radius 2 is 0.607 bits per heavy atom. The number of carbonyl (C=O) groups is 3. The van der Waals surface area contributed by atoms with Gasteiger partial charge in [-0.3, -0.25) is 0 Å². The largest absolute Gasteiger partial charge is 0.478 e. The molecule has 0 amide bonds. The van der Waals surface area contributed by atoms with Gasteiger partial charge in [0, 0.05) is 90.1 Å². The van der Waals surface area contributed by atoms with Crippen LogP contribution < -0.4 is 14.2 Å². The Labute approximate surface area is 774 Å². The van der Waals surface area contributed by atoms with Crippen molar-refractivity contribution in [2.24, 2.45) is 0 Å². The highest BCUT2D eigenvalue weighted by molar-refractivity contribution is 5.94. The average molecular weight is 1830 g/mol. The molecule has 3 aliphatic rings. The summed E-state index contributed by atoms with van der Waals surface area (Å²) in [5, 5.41) is 55.4. The number of pyridine rings is 3. The lowest BCUT2D eigenvalue weighted by atomic mass is 9.93. The van der Waals surface area contributed by atoms with E-state index in [2.05, 4.69) is 15.0 Å². The van der Waals surface area contributed by atoms with Crippen LogP contribution in [0.2, 0.25) is 0 Å². The minimum atomic E-state index is -1.03. The summed E-state index contributed by atoms with van der Waals surface area (Å²) in [5.74, 6) is -3.53. The van der Waals surface area contributed by atoms with Crippen LogP contribution >= 0.6 is 0 Å². The van der Waals surface area contributed by atoms with Crippen molar-refractivity contribution in [2.45, 2.75) is 177 Å². The van der Waals surface area contributed by atoms with Crippen molar-refractivity contribution in [2.75, 3.05) is 0 Å². The molecule has 0 bridgehead atoms. The molecule has 690 valence electrons. The first kappa shape index (κ1) is 97.1. The molecule has 9 aromatic carbocycles. The molecule has 18 rings (SSSR count). The average Bonchev–Trinajstić information content (AvgIpc) is 1.64. The second kappa shape index (κ2) is 40.7. The summed E-state index contributed by atoms with van der Waals surface area (Å²) in [4.78, 5) is 62.5. The Bertz CT molecular complexity index is 6480.